The second-order valence-electron chi connectivity index (χ2n) is 4.86. The normalized spacial score (nSPS) is 23.3. The lowest BCUT2D eigenvalue weighted by Gasteiger charge is -2.32. The van der Waals surface area contributed by atoms with Gasteiger partial charge >= 0.3 is 0 Å². The van der Waals surface area contributed by atoms with Gasteiger partial charge in [0.2, 0.25) is 11.8 Å². The van der Waals surface area contributed by atoms with Crippen molar-refractivity contribution in [2.45, 2.75) is 38.8 Å². The van der Waals surface area contributed by atoms with Crippen LogP contribution in [-0.4, -0.2) is 28.7 Å². The van der Waals surface area contributed by atoms with Crippen LogP contribution < -0.4 is 15.8 Å². The van der Waals surface area contributed by atoms with Crippen molar-refractivity contribution in [1.29, 1.82) is 0 Å². The smallest absolute Gasteiger partial charge is 0.225 e. The van der Waals surface area contributed by atoms with E-state index in [0.29, 0.717) is 23.8 Å². The van der Waals surface area contributed by atoms with E-state index in [4.69, 9.17) is 10.5 Å². The average Bonchev–Trinajstić information content (AvgIpc) is 2.22. The maximum atomic E-state index is 5.74. The molecule has 5 heteroatoms. The Labute approximate surface area is 102 Å². The fraction of sp³-hybridized carbons (Fsp3) is 0.667. The molecule has 0 radical (unpaired) electrons. The summed E-state index contributed by atoms with van der Waals surface area (Å²) >= 11 is 0. The predicted octanol–water partition coefficient (Wildman–Crippen LogP) is 1.41. The van der Waals surface area contributed by atoms with E-state index in [1.165, 1.54) is 0 Å². The summed E-state index contributed by atoms with van der Waals surface area (Å²) in [6.45, 7) is 4.84. The second kappa shape index (κ2) is 5.31. The molecule has 3 N–H and O–H groups in total. The lowest BCUT2D eigenvalue weighted by molar-refractivity contribution is 0.232. The van der Waals surface area contributed by atoms with Crippen LogP contribution in [0.3, 0.4) is 0 Å². The van der Waals surface area contributed by atoms with Crippen molar-refractivity contribution < 1.29 is 4.74 Å². The maximum Gasteiger partial charge on any atom is 0.225 e. The minimum Gasteiger partial charge on any atom is -0.475 e. The Kier molecular flexibility index (Phi) is 3.78. The van der Waals surface area contributed by atoms with Crippen molar-refractivity contribution in [2.24, 2.45) is 11.7 Å². The quantitative estimate of drug-likeness (QED) is 0.808. The number of anilines is 1. The van der Waals surface area contributed by atoms with Crippen LogP contribution in [0.25, 0.3) is 0 Å². The number of rotatable bonds is 5. The molecule has 1 aliphatic carbocycles. The van der Waals surface area contributed by atoms with E-state index < -0.39 is 0 Å². The first kappa shape index (κ1) is 12.1. The Bertz CT molecular complexity index is 363. The Balaban J connectivity index is 1.83. The summed E-state index contributed by atoms with van der Waals surface area (Å²) in [5.74, 6) is 1.90. The molecule has 1 heterocycles. The highest BCUT2D eigenvalue weighted by Gasteiger charge is 2.25. The summed E-state index contributed by atoms with van der Waals surface area (Å²) in [6.07, 6.45) is 4.02. The molecular formula is C12H20N4O. The molecule has 17 heavy (non-hydrogen) atoms. The van der Waals surface area contributed by atoms with Crippen LogP contribution in [0.5, 0.6) is 5.88 Å². The molecule has 0 amide bonds. The lowest BCUT2D eigenvalue weighted by atomic mass is 9.81. The molecule has 1 aliphatic rings. The Morgan fingerprint density at radius 2 is 2.29 bits per heavy atom. The number of aromatic nitrogens is 2. The van der Waals surface area contributed by atoms with E-state index >= 15 is 0 Å². The Morgan fingerprint density at radius 3 is 2.94 bits per heavy atom. The van der Waals surface area contributed by atoms with Gasteiger partial charge in [-0.05, 0) is 32.6 Å². The van der Waals surface area contributed by atoms with Gasteiger partial charge < -0.3 is 15.8 Å². The third kappa shape index (κ3) is 3.56. The van der Waals surface area contributed by atoms with E-state index in [9.17, 15) is 0 Å². The SMILES string of the molecule is CC(C)Oc1ccnc(NCC2CC(N)C2)n1. The minimum absolute atomic E-state index is 0.127. The number of hydrogen-bond donors (Lipinski definition) is 2. The number of nitrogens with one attached hydrogen (secondary N) is 1. The second-order valence-corrected chi connectivity index (χ2v) is 4.86. The number of hydrogen-bond acceptors (Lipinski definition) is 5. The molecule has 1 fully saturated rings. The molecule has 5 nitrogen and oxygen atoms in total. The molecule has 0 bridgehead atoms. The van der Waals surface area contributed by atoms with Gasteiger partial charge in [-0.1, -0.05) is 0 Å². The molecule has 0 spiro atoms. The number of nitrogens with zero attached hydrogens (tertiary/aromatic N) is 2. The van der Waals surface area contributed by atoms with Gasteiger partial charge in [-0.2, -0.15) is 4.98 Å². The molecule has 0 unspecified atom stereocenters. The van der Waals surface area contributed by atoms with Gasteiger partial charge in [-0.15, -0.1) is 0 Å². The molecule has 1 saturated carbocycles. The summed E-state index contributed by atoms with van der Waals surface area (Å²) in [5, 5.41) is 3.22. The Hall–Kier alpha value is -1.36. The monoisotopic (exact) mass is 236 g/mol. The van der Waals surface area contributed by atoms with E-state index in [1.807, 2.05) is 13.8 Å². The highest BCUT2D eigenvalue weighted by atomic mass is 16.5. The number of nitrogens with two attached hydrogens (primary N) is 1. The molecule has 1 aromatic heterocycles. The van der Waals surface area contributed by atoms with E-state index in [-0.39, 0.29) is 6.10 Å². The van der Waals surface area contributed by atoms with Crippen LogP contribution in [0.15, 0.2) is 12.3 Å². The van der Waals surface area contributed by atoms with Crippen molar-refractivity contribution >= 4 is 5.95 Å². The van der Waals surface area contributed by atoms with Crippen molar-refractivity contribution in [1.82, 2.24) is 9.97 Å². The van der Waals surface area contributed by atoms with Gasteiger partial charge in [-0.3, -0.25) is 0 Å². The van der Waals surface area contributed by atoms with Crippen LogP contribution in [-0.2, 0) is 0 Å². The van der Waals surface area contributed by atoms with Gasteiger partial charge in [-0.25, -0.2) is 4.98 Å². The van der Waals surface area contributed by atoms with Crippen LogP contribution >= 0.6 is 0 Å². The largest absolute Gasteiger partial charge is 0.475 e. The predicted molar refractivity (Wildman–Crippen MR) is 67.0 cm³/mol. The lowest BCUT2D eigenvalue weighted by Crippen LogP contribution is -2.39. The van der Waals surface area contributed by atoms with Crippen molar-refractivity contribution in [3.8, 4) is 5.88 Å². The highest BCUT2D eigenvalue weighted by molar-refractivity contribution is 5.27. The van der Waals surface area contributed by atoms with Crippen molar-refractivity contribution in [3.63, 3.8) is 0 Å². The molecule has 0 atom stereocenters. The molecular weight excluding hydrogens is 216 g/mol. The summed E-state index contributed by atoms with van der Waals surface area (Å²) < 4.78 is 5.51. The molecule has 94 valence electrons. The van der Waals surface area contributed by atoms with Crippen molar-refractivity contribution in [3.05, 3.63) is 12.3 Å². The van der Waals surface area contributed by atoms with Crippen molar-refractivity contribution in [2.75, 3.05) is 11.9 Å². The highest BCUT2D eigenvalue weighted by Crippen LogP contribution is 2.25. The van der Waals surface area contributed by atoms with Crippen LogP contribution in [0.4, 0.5) is 5.95 Å². The Morgan fingerprint density at radius 1 is 1.53 bits per heavy atom. The summed E-state index contributed by atoms with van der Waals surface area (Å²) in [5.41, 5.74) is 5.74. The summed E-state index contributed by atoms with van der Waals surface area (Å²) in [7, 11) is 0. The minimum atomic E-state index is 0.127. The number of ether oxygens (including phenoxy) is 1. The molecule has 0 aromatic carbocycles. The van der Waals surface area contributed by atoms with Crippen LogP contribution in [0, 0.1) is 5.92 Å². The maximum absolute atomic E-state index is 5.74. The zero-order chi connectivity index (χ0) is 12.3. The van der Waals surface area contributed by atoms with Gasteiger partial charge in [0.1, 0.15) is 0 Å². The van der Waals surface area contributed by atoms with E-state index in [0.717, 1.165) is 19.4 Å². The fourth-order valence-corrected chi connectivity index (χ4v) is 1.92. The zero-order valence-electron chi connectivity index (χ0n) is 10.4. The first-order valence-corrected chi connectivity index (χ1v) is 6.12. The average molecular weight is 236 g/mol. The van der Waals surface area contributed by atoms with E-state index in [1.54, 1.807) is 12.3 Å². The first-order chi connectivity index (χ1) is 8.13. The van der Waals surface area contributed by atoms with Gasteiger partial charge in [0, 0.05) is 24.8 Å². The standard InChI is InChI=1S/C12H20N4O/c1-8(2)17-11-3-4-14-12(16-11)15-7-9-5-10(13)6-9/h3-4,8-10H,5-7,13H2,1-2H3,(H,14,15,16). The fourth-order valence-electron chi connectivity index (χ4n) is 1.92. The molecule has 1 aromatic rings. The van der Waals surface area contributed by atoms with Crippen LogP contribution in [0.2, 0.25) is 0 Å². The molecule has 0 aliphatic heterocycles. The topological polar surface area (TPSA) is 73.1 Å². The third-order valence-corrected chi connectivity index (χ3v) is 2.81. The summed E-state index contributed by atoms with van der Waals surface area (Å²) in [6, 6.07) is 2.16. The molecule has 0 saturated heterocycles. The summed E-state index contributed by atoms with van der Waals surface area (Å²) in [4.78, 5) is 8.45. The first-order valence-electron chi connectivity index (χ1n) is 6.12. The van der Waals surface area contributed by atoms with Crippen LogP contribution in [0.1, 0.15) is 26.7 Å². The van der Waals surface area contributed by atoms with Gasteiger partial charge in [0.25, 0.3) is 0 Å². The molecule has 2 rings (SSSR count). The van der Waals surface area contributed by atoms with E-state index in [2.05, 4.69) is 15.3 Å². The van der Waals surface area contributed by atoms with Gasteiger partial charge in [0.15, 0.2) is 0 Å². The van der Waals surface area contributed by atoms with Gasteiger partial charge in [0.05, 0.1) is 6.10 Å². The zero-order valence-corrected chi connectivity index (χ0v) is 10.4. The third-order valence-electron chi connectivity index (χ3n) is 2.81.